The number of piperazine rings is 1. The minimum Gasteiger partial charge on any atom is -0.338 e. The van der Waals surface area contributed by atoms with Crippen molar-refractivity contribution in [2.24, 2.45) is 0 Å². The molecule has 0 unspecified atom stereocenters. The highest BCUT2D eigenvalue weighted by Crippen LogP contribution is 2.23. The first kappa shape index (κ1) is 18.8. The first-order valence-electron chi connectivity index (χ1n) is 9.75. The number of aromatic nitrogens is 4. The minimum absolute atomic E-state index is 0.453. The minimum atomic E-state index is 0.453. The normalized spacial score (nSPS) is 15.3. The Labute approximate surface area is 171 Å². The van der Waals surface area contributed by atoms with Crippen molar-refractivity contribution in [3.05, 3.63) is 65.5 Å². The SMILES string of the molecule is CC(C)c1ccccc1-n1ccn(CN2CCN(c3ncccn3)CC2)c1=S. The van der Waals surface area contributed by atoms with E-state index in [0.29, 0.717) is 5.92 Å². The maximum atomic E-state index is 5.79. The van der Waals surface area contributed by atoms with Crippen LogP contribution in [0, 0.1) is 4.77 Å². The summed E-state index contributed by atoms with van der Waals surface area (Å²) in [6, 6.07) is 10.3. The summed E-state index contributed by atoms with van der Waals surface area (Å²) in [4.78, 5) is 13.4. The molecule has 0 amide bonds. The molecule has 1 fully saturated rings. The summed E-state index contributed by atoms with van der Waals surface area (Å²) in [6.45, 7) is 9.02. The van der Waals surface area contributed by atoms with Gasteiger partial charge in [0, 0.05) is 51.0 Å². The van der Waals surface area contributed by atoms with Crippen LogP contribution in [0.4, 0.5) is 5.95 Å². The maximum absolute atomic E-state index is 5.79. The molecule has 6 nitrogen and oxygen atoms in total. The van der Waals surface area contributed by atoms with Crippen molar-refractivity contribution in [3.8, 4) is 5.69 Å². The molecule has 1 aliphatic rings. The molecule has 0 aliphatic carbocycles. The van der Waals surface area contributed by atoms with Crippen molar-refractivity contribution >= 4 is 18.2 Å². The lowest BCUT2D eigenvalue weighted by Crippen LogP contribution is -2.47. The molecular formula is C21H26N6S. The molecule has 3 heterocycles. The average Bonchev–Trinajstić information content (AvgIpc) is 3.09. The van der Waals surface area contributed by atoms with Crippen LogP contribution in [0.1, 0.15) is 25.3 Å². The van der Waals surface area contributed by atoms with E-state index in [1.165, 1.54) is 11.3 Å². The molecule has 0 saturated carbocycles. The highest BCUT2D eigenvalue weighted by atomic mass is 32.1. The fourth-order valence-electron chi connectivity index (χ4n) is 3.66. The van der Waals surface area contributed by atoms with Crippen LogP contribution in [0.2, 0.25) is 0 Å². The molecule has 0 atom stereocenters. The molecule has 146 valence electrons. The van der Waals surface area contributed by atoms with Gasteiger partial charge in [0.05, 0.1) is 12.4 Å². The number of anilines is 1. The fraction of sp³-hybridized carbons (Fsp3) is 0.381. The van der Waals surface area contributed by atoms with Crippen molar-refractivity contribution in [1.82, 2.24) is 24.0 Å². The molecule has 0 N–H and O–H groups in total. The molecule has 4 rings (SSSR count). The van der Waals surface area contributed by atoms with Crippen molar-refractivity contribution in [1.29, 1.82) is 0 Å². The Bertz CT molecular complexity index is 970. The lowest BCUT2D eigenvalue weighted by atomic mass is 10.0. The van der Waals surface area contributed by atoms with E-state index in [4.69, 9.17) is 12.2 Å². The predicted octanol–water partition coefficient (Wildman–Crippen LogP) is 3.70. The summed E-state index contributed by atoms with van der Waals surface area (Å²) in [5.74, 6) is 1.27. The maximum Gasteiger partial charge on any atom is 0.225 e. The molecule has 1 saturated heterocycles. The van der Waals surface area contributed by atoms with Gasteiger partial charge in [-0.2, -0.15) is 0 Å². The standard InChI is InChI=1S/C21H26N6S/c1-17(2)18-6-3-4-7-19(18)27-15-14-26(21(27)28)16-24-10-12-25(13-11-24)20-22-8-5-9-23-20/h3-9,14-15,17H,10-13,16H2,1-2H3. The molecular weight excluding hydrogens is 368 g/mol. The highest BCUT2D eigenvalue weighted by molar-refractivity contribution is 7.71. The van der Waals surface area contributed by atoms with Crippen molar-refractivity contribution in [3.63, 3.8) is 0 Å². The number of hydrogen-bond donors (Lipinski definition) is 0. The second-order valence-corrected chi connectivity index (χ2v) is 7.79. The van der Waals surface area contributed by atoms with E-state index in [0.717, 1.165) is 43.6 Å². The van der Waals surface area contributed by atoms with Gasteiger partial charge in [-0.05, 0) is 35.8 Å². The van der Waals surface area contributed by atoms with Gasteiger partial charge in [0.1, 0.15) is 0 Å². The third kappa shape index (κ3) is 3.86. The fourth-order valence-corrected chi connectivity index (χ4v) is 3.94. The second kappa shape index (κ2) is 8.24. The van der Waals surface area contributed by atoms with E-state index < -0.39 is 0 Å². The predicted molar refractivity (Wildman–Crippen MR) is 115 cm³/mol. The van der Waals surface area contributed by atoms with Crippen LogP contribution in [-0.4, -0.2) is 50.2 Å². The van der Waals surface area contributed by atoms with Crippen molar-refractivity contribution in [2.75, 3.05) is 31.1 Å². The van der Waals surface area contributed by atoms with Crippen LogP contribution in [0.15, 0.2) is 55.1 Å². The largest absolute Gasteiger partial charge is 0.338 e. The van der Waals surface area contributed by atoms with Crippen LogP contribution < -0.4 is 4.90 Å². The zero-order valence-corrected chi connectivity index (χ0v) is 17.2. The highest BCUT2D eigenvalue weighted by Gasteiger charge is 2.19. The number of rotatable bonds is 5. The first-order valence-corrected chi connectivity index (χ1v) is 10.2. The summed E-state index contributed by atoms with van der Waals surface area (Å²) in [5.41, 5.74) is 2.49. The molecule has 7 heteroatoms. The van der Waals surface area contributed by atoms with Gasteiger partial charge >= 0.3 is 0 Å². The zero-order valence-electron chi connectivity index (χ0n) is 16.4. The number of para-hydroxylation sites is 1. The molecule has 1 aromatic carbocycles. The lowest BCUT2D eigenvalue weighted by Gasteiger charge is -2.34. The quantitative estimate of drug-likeness (QED) is 0.617. The first-order chi connectivity index (χ1) is 13.6. The van der Waals surface area contributed by atoms with Gasteiger partial charge in [0.15, 0.2) is 4.77 Å². The third-order valence-electron chi connectivity index (χ3n) is 5.23. The van der Waals surface area contributed by atoms with Crippen molar-refractivity contribution < 1.29 is 0 Å². The Morgan fingerprint density at radius 2 is 1.68 bits per heavy atom. The Balaban J connectivity index is 1.46. The third-order valence-corrected chi connectivity index (χ3v) is 5.66. The summed E-state index contributed by atoms with van der Waals surface area (Å²) in [6.07, 6.45) is 7.77. The van der Waals surface area contributed by atoms with Gasteiger partial charge in [-0.3, -0.25) is 9.47 Å². The number of hydrogen-bond acceptors (Lipinski definition) is 5. The molecule has 2 aromatic heterocycles. The second-order valence-electron chi connectivity index (χ2n) is 7.43. The Morgan fingerprint density at radius 1 is 0.964 bits per heavy atom. The van der Waals surface area contributed by atoms with E-state index in [1.807, 2.05) is 6.07 Å². The van der Waals surface area contributed by atoms with Gasteiger partial charge in [-0.15, -0.1) is 0 Å². The topological polar surface area (TPSA) is 42.1 Å². The van der Waals surface area contributed by atoms with E-state index in [-0.39, 0.29) is 0 Å². The summed E-state index contributed by atoms with van der Waals surface area (Å²) >= 11 is 5.79. The van der Waals surface area contributed by atoms with Crippen molar-refractivity contribution in [2.45, 2.75) is 26.4 Å². The molecule has 3 aromatic rings. The Hall–Kier alpha value is -2.51. The average molecular weight is 395 g/mol. The molecule has 0 radical (unpaired) electrons. The molecule has 28 heavy (non-hydrogen) atoms. The van der Waals surface area contributed by atoms with Gasteiger partial charge in [-0.25, -0.2) is 9.97 Å². The zero-order chi connectivity index (χ0) is 19.5. The van der Waals surface area contributed by atoms with Crippen LogP contribution in [-0.2, 0) is 6.67 Å². The molecule has 0 bridgehead atoms. The number of imidazole rings is 1. The molecule has 0 spiro atoms. The van der Waals surface area contributed by atoms with E-state index in [9.17, 15) is 0 Å². The molecule has 1 aliphatic heterocycles. The van der Waals surface area contributed by atoms with E-state index in [2.05, 4.69) is 79.4 Å². The van der Waals surface area contributed by atoms with Gasteiger partial charge < -0.3 is 9.47 Å². The van der Waals surface area contributed by atoms with Gasteiger partial charge in [0.25, 0.3) is 0 Å². The summed E-state index contributed by atoms with van der Waals surface area (Å²) in [5, 5.41) is 0. The van der Waals surface area contributed by atoms with E-state index in [1.54, 1.807) is 12.4 Å². The van der Waals surface area contributed by atoms with Crippen LogP contribution >= 0.6 is 12.2 Å². The van der Waals surface area contributed by atoms with Crippen LogP contribution in [0.25, 0.3) is 5.69 Å². The monoisotopic (exact) mass is 394 g/mol. The van der Waals surface area contributed by atoms with Gasteiger partial charge in [0.2, 0.25) is 5.95 Å². The lowest BCUT2D eigenvalue weighted by molar-refractivity contribution is 0.204. The van der Waals surface area contributed by atoms with Crippen LogP contribution in [0.3, 0.4) is 0 Å². The number of nitrogens with zero attached hydrogens (tertiary/aromatic N) is 6. The Kier molecular flexibility index (Phi) is 5.54. The number of benzene rings is 1. The van der Waals surface area contributed by atoms with Gasteiger partial charge in [-0.1, -0.05) is 32.0 Å². The van der Waals surface area contributed by atoms with Crippen LogP contribution in [0.5, 0.6) is 0 Å². The summed E-state index contributed by atoms with van der Waals surface area (Å²) < 4.78 is 5.11. The smallest absolute Gasteiger partial charge is 0.225 e. The Morgan fingerprint density at radius 3 is 2.39 bits per heavy atom. The summed E-state index contributed by atoms with van der Waals surface area (Å²) in [7, 11) is 0. The van der Waals surface area contributed by atoms with E-state index >= 15 is 0 Å².